The van der Waals surface area contributed by atoms with E-state index >= 15 is 0 Å². The van der Waals surface area contributed by atoms with Crippen LogP contribution in [0.4, 0.5) is 0 Å². The Morgan fingerprint density at radius 3 is 2.56 bits per heavy atom. The smallest absolute Gasteiger partial charge is 0.255 e. The molecule has 1 aromatic rings. The summed E-state index contributed by atoms with van der Waals surface area (Å²) in [4.78, 5) is 29.1. The summed E-state index contributed by atoms with van der Waals surface area (Å²) in [7, 11) is 0. The first kappa shape index (κ1) is 10.7. The second-order valence-electron chi connectivity index (χ2n) is 3.95. The molecule has 0 radical (unpaired) electrons. The van der Waals surface area contributed by atoms with Gasteiger partial charge in [-0.2, -0.15) is 0 Å². The summed E-state index contributed by atoms with van der Waals surface area (Å²) in [5, 5.41) is 0. The van der Waals surface area contributed by atoms with Crippen molar-refractivity contribution in [2.75, 3.05) is 26.2 Å². The molecule has 16 heavy (non-hydrogen) atoms. The van der Waals surface area contributed by atoms with E-state index in [1.54, 1.807) is 22.1 Å². The molecule has 1 N–H and O–H groups in total. The summed E-state index contributed by atoms with van der Waals surface area (Å²) in [6.07, 6.45) is 2.60. The Labute approximate surface area is 94.0 Å². The number of hydrogen-bond donors (Lipinski definition) is 1. The molecule has 2 heterocycles. The number of aromatic nitrogens is 1. The molecule has 0 aromatic carbocycles. The Morgan fingerprint density at radius 2 is 2.06 bits per heavy atom. The van der Waals surface area contributed by atoms with Crippen LogP contribution in [0.2, 0.25) is 0 Å². The third-order valence-corrected chi connectivity index (χ3v) is 2.93. The topological polar surface area (TPSA) is 56.4 Å². The van der Waals surface area contributed by atoms with Crippen LogP contribution in [-0.2, 0) is 4.79 Å². The van der Waals surface area contributed by atoms with Crippen LogP contribution in [0.15, 0.2) is 12.3 Å². The molecule has 0 aliphatic carbocycles. The number of hydrogen-bond acceptors (Lipinski definition) is 2. The zero-order valence-electron chi connectivity index (χ0n) is 9.27. The summed E-state index contributed by atoms with van der Waals surface area (Å²) < 4.78 is 0. The molecule has 1 aliphatic rings. The average Bonchev–Trinajstić information content (AvgIpc) is 2.75. The molecule has 0 unspecified atom stereocenters. The quantitative estimate of drug-likeness (QED) is 0.727. The number of carbonyl (C=O) groups excluding carboxylic acids is 2. The summed E-state index contributed by atoms with van der Waals surface area (Å²) in [5.74, 6) is 0.0456. The largest absolute Gasteiger partial charge is 0.365 e. The molecule has 86 valence electrons. The molecule has 2 rings (SSSR count). The van der Waals surface area contributed by atoms with E-state index in [-0.39, 0.29) is 5.91 Å². The van der Waals surface area contributed by atoms with E-state index < -0.39 is 0 Å². The van der Waals surface area contributed by atoms with Crippen LogP contribution in [0.5, 0.6) is 0 Å². The molecule has 0 bridgehead atoms. The minimum absolute atomic E-state index is 0.0456. The number of carbonyl (C=O) groups is 2. The first-order valence-corrected chi connectivity index (χ1v) is 5.35. The van der Waals surface area contributed by atoms with Gasteiger partial charge in [0.05, 0.1) is 5.56 Å². The first-order chi connectivity index (χ1) is 7.72. The van der Waals surface area contributed by atoms with Crippen molar-refractivity contribution in [2.45, 2.75) is 6.92 Å². The Morgan fingerprint density at radius 1 is 1.38 bits per heavy atom. The Hall–Kier alpha value is -1.78. The van der Waals surface area contributed by atoms with Crippen LogP contribution >= 0.6 is 0 Å². The van der Waals surface area contributed by atoms with Crippen LogP contribution in [0.3, 0.4) is 0 Å². The number of piperazine rings is 1. The highest BCUT2D eigenvalue weighted by atomic mass is 16.2. The number of rotatable bonds is 2. The maximum absolute atomic E-state index is 12.1. The molecular formula is C11H15N3O2. The number of aromatic amines is 1. The van der Waals surface area contributed by atoms with Crippen molar-refractivity contribution in [3.05, 3.63) is 23.5 Å². The van der Waals surface area contributed by atoms with E-state index in [1.165, 1.54) is 0 Å². The van der Waals surface area contributed by atoms with Crippen LogP contribution in [0.1, 0.15) is 16.1 Å². The van der Waals surface area contributed by atoms with Gasteiger partial charge in [0, 0.05) is 38.1 Å². The summed E-state index contributed by atoms with van der Waals surface area (Å²) in [6, 6.07) is 1.80. The first-order valence-electron chi connectivity index (χ1n) is 5.35. The second-order valence-corrected chi connectivity index (χ2v) is 3.95. The van der Waals surface area contributed by atoms with Gasteiger partial charge in [-0.05, 0) is 13.0 Å². The molecule has 0 saturated carbocycles. The zero-order chi connectivity index (χ0) is 11.5. The number of nitrogens with zero attached hydrogens (tertiary/aromatic N) is 2. The lowest BCUT2D eigenvalue weighted by Gasteiger charge is -2.32. The van der Waals surface area contributed by atoms with Crippen molar-refractivity contribution < 1.29 is 9.59 Å². The minimum atomic E-state index is 0.0456. The number of amides is 2. The van der Waals surface area contributed by atoms with Gasteiger partial charge in [-0.25, -0.2) is 0 Å². The SMILES string of the molecule is Cc1[nH]ccc1C(=O)N1CCN(C=O)CC1. The minimum Gasteiger partial charge on any atom is -0.365 e. The monoisotopic (exact) mass is 221 g/mol. The van der Waals surface area contributed by atoms with Gasteiger partial charge in [-0.1, -0.05) is 0 Å². The van der Waals surface area contributed by atoms with Crippen LogP contribution in [-0.4, -0.2) is 53.3 Å². The third kappa shape index (κ3) is 1.93. The van der Waals surface area contributed by atoms with Crippen molar-refractivity contribution in [2.24, 2.45) is 0 Å². The van der Waals surface area contributed by atoms with Gasteiger partial charge < -0.3 is 14.8 Å². The fraction of sp³-hybridized carbons (Fsp3) is 0.455. The maximum Gasteiger partial charge on any atom is 0.255 e. The van der Waals surface area contributed by atoms with E-state index in [9.17, 15) is 9.59 Å². The molecule has 1 saturated heterocycles. The summed E-state index contributed by atoms with van der Waals surface area (Å²) in [6.45, 7) is 4.36. The molecule has 1 aliphatic heterocycles. The van der Waals surface area contributed by atoms with Crippen LogP contribution in [0, 0.1) is 6.92 Å². The van der Waals surface area contributed by atoms with E-state index in [2.05, 4.69) is 4.98 Å². The fourth-order valence-corrected chi connectivity index (χ4v) is 1.89. The van der Waals surface area contributed by atoms with E-state index in [1.807, 2.05) is 6.92 Å². The van der Waals surface area contributed by atoms with Crippen molar-refractivity contribution in [3.63, 3.8) is 0 Å². The highest BCUT2D eigenvalue weighted by molar-refractivity contribution is 5.95. The molecule has 5 nitrogen and oxygen atoms in total. The lowest BCUT2D eigenvalue weighted by molar-refractivity contribution is -0.119. The number of aryl methyl sites for hydroxylation is 1. The summed E-state index contributed by atoms with van der Waals surface area (Å²) >= 11 is 0. The lowest BCUT2D eigenvalue weighted by atomic mass is 10.2. The predicted molar refractivity (Wildman–Crippen MR) is 59.1 cm³/mol. The van der Waals surface area contributed by atoms with Gasteiger partial charge in [0.15, 0.2) is 0 Å². The molecule has 0 spiro atoms. The molecule has 0 atom stereocenters. The fourth-order valence-electron chi connectivity index (χ4n) is 1.89. The van der Waals surface area contributed by atoms with Gasteiger partial charge >= 0.3 is 0 Å². The molecule has 2 amide bonds. The second kappa shape index (κ2) is 4.38. The van der Waals surface area contributed by atoms with E-state index in [0.29, 0.717) is 26.2 Å². The van der Waals surface area contributed by atoms with Crippen molar-refractivity contribution >= 4 is 12.3 Å². The Kier molecular flexibility index (Phi) is 2.94. The molecule has 1 fully saturated rings. The highest BCUT2D eigenvalue weighted by Gasteiger charge is 2.22. The van der Waals surface area contributed by atoms with E-state index in [4.69, 9.17) is 0 Å². The van der Waals surface area contributed by atoms with Crippen molar-refractivity contribution in [1.29, 1.82) is 0 Å². The van der Waals surface area contributed by atoms with Gasteiger partial charge in [0.2, 0.25) is 6.41 Å². The standard InChI is InChI=1S/C11H15N3O2/c1-9-10(2-3-12-9)11(16)14-6-4-13(8-15)5-7-14/h2-3,8,12H,4-7H2,1H3. The lowest BCUT2D eigenvalue weighted by Crippen LogP contribution is -2.48. The zero-order valence-corrected chi connectivity index (χ0v) is 9.27. The Bertz CT molecular complexity index is 392. The van der Waals surface area contributed by atoms with E-state index in [0.717, 1.165) is 17.7 Å². The predicted octanol–water partition coefficient (Wildman–Crippen LogP) is 0.237. The van der Waals surface area contributed by atoms with Gasteiger partial charge in [-0.3, -0.25) is 9.59 Å². The summed E-state index contributed by atoms with van der Waals surface area (Å²) in [5.41, 5.74) is 1.61. The van der Waals surface area contributed by atoms with Crippen LogP contribution < -0.4 is 0 Å². The normalized spacial score (nSPS) is 16.3. The Balaban J connectivity index is 2.02. The highest BCUT2D eigenvalue weighted by Crippen LogP contribution is 2.11. The maximum atomic E-state index is 12.1. The van der Waals surface area contributed by atoms with Gasteiger partial charge in [0.25, 0.3) is 5.91 Å². The third-order valence-electron chi connectivity index (χ3n) is 2.93. The van der Waals surface area contributed by atoms with Crippen molar-refractivity contribution in [1.82, 2.24) is 14.8 Å². The van der Waals surface area contributed by atoms with Crippen molar-refractivity contribution in [3.8, 4) is 0 Å². The van der Waals surface area contributed by atoms with Crippen LogP contribution in [0.25, 0.3) is 0 Å². The van der Waals surface area contributed by atoms with Gasteiger partial charge in [-0.15, -0.1) is 0 Å². The number of nitrogens with one attached hydrogen (secondary N) is 1. The molecule has 1 aromatic heterocycles. The molecule has 5 heteroatoms. The number of H-pyrrole nitrogens is 1. The average molecular weight is 221 g/mol. The molecular weight excluding hydrogens is 206 g/mol. The van der Waals surface area contributed by atoms with Gasteiger partial charge in [0.1, 0.15) is 0 Å².